The minimum Gasteiger partial charge on any atom is -0.0847 e. The average Bonchev–Trinajstić information content (AvgIpc) is 2.54. The van der Waals surface area contributed by atoms with Crippen molar-refractivity contribution in [1.82, 2.24) is 0 Å². The normalized spacial score (nSPS) is 38.1. The smallest absolute Gasteiger partial charge is 0.0169 e. The molecule has 0 spiro atoms. The molecule has 2 atom stereocenters. The molecule has 0 heteroatoms. The molecule has 1 fully saturated rings. The van der Waals surface area contributed by atoms with Crippen LogP contribution in [0.3, 0.4) is 0 Å². The predicted molar refractivity (Wildman–Crippen MR) is 39.2 cm³/mol. The van der Waals surface area contributed by atoms with E-state index >= 15 is 0 Å². The summed E-state index contributed by atoms with van der Waals surface area (Å²) >= 11 is 0. The molecule has 0 bridgehead atoms. The highest BCUT2D eigenvalue weighted by Gasteiger charge is 2.41. The Labute approximate surface area is 57.0 Å². The molecule has 2 rings (SSSR count). The largest absolute Gasteiger partial charge is 0.0847 e. The minimum atomic E-state index is 1.06. The van der Waals surface area contributed by atoms with Gasteiger partial charge in [0, 0.05) is 0 Å². The molecule has 2 unspecified atom stereocenters. The Kier molecular flexibility index (Phi) is 1.14. The fourth-order valence-electron chi connectivity index (χ4n) is 1.99. The van der Waals surface area contributed by atoms with Gasteiger partial charge in [0.1, 0.15) is 0 Å². The maximum atomic E-state index is 2.47. The molecule has 9 heavy (non-hydrogen) atoms. The van der Waals surface area contributed by atoms with E-state index in [0.29, 0.717) is 0 Å². The second-order valence-corrected chi connectivity index (χ2v) is 3.37. The molecule has 0 saturated heterocycles. The van der Waals surface area contributed by atoms with Crippen LogP contribution in [-0.2, 0) is 0 Å². The van der Waals surface area contributed by atoms with Crippen molar-refractivity contribution in [3.05, 3.63) is 11.6 Å². The zero-order valence-electron chi connectivity index (χ0n) is 6.06. The van der Waals surface area contributed by atoms with Gasteiger partial charge in [0.2, 0.25) is 0 Å². The van der Waals surface area contributed by atoms with E-state index in [2.05, 4.69) is 13.0 Å². The second-order valence-electron chi connectivity index (χ2n) is 3.37. The van der Waals surface area contributed by atoms with Crippen LogP contribution in [0, 0.1) is 11.8 Å². The van der Waals surface area contributed by atoms with Crippen LogP contribution in [0.25, 0.3) is 0 Å². The molecule has 0 aromatic rings. The molecule has 50 valence electrons. The molecule has 0 radical (unpaired) electrons. The van der Waals surface area contributed by atoms with Crippen LogP contribution in [0.5, 0.6) is 0 Å². The van der Waals surface area contributed by atoms with Gasteiger partial charge in [-0.25, -0.2) is 0 Å². The standard InChI is InChI=1S/C9H14/c1-2-3-7-4-5-8-6-9(7)8/h4,8-9H,2-3,5-6H2,1H3. The summed E-state index contributed by atoms with van der Waals surface area (Å²) in [6.45, 7) is 2.27. The Morgan fingerprint density at radius 3 is 3.00 bits per heavy atom. The van der Waals surface area contributed by atoms with E-state index in [9.17, 15) is 0 Å². The van der Waals surface area contributed by atoms with Crippen molar-refractivity contribution in [2.24, 2.45) is 11.8 Å². The summed E-state index contributed by atoms with van der Waals surface area (Å²) in [5.74, 6) is 2.16. The first-order chi connectivity index (χ1) is 4.42. The highest BCUT2D eigenvalue weighted by Crippen LogP contribution is 2.52. The third kappa shape index (κ3) is 0.810. The Hall–Kier alpha value is -0.260. The number of hydrogen-bond donors (Lipinski definition) is 0. The first-order valence-electron chi connectivity index (χ1n) is 4.10. The van der Waals surface area contributed by atoms with Crippen LogP contribution in [0.2, 0.25) is 0 Å². The van der Waals surface area contributed by atoms with Crippen LogP contribution < -0.4 is 0 Å². The van der Waals surface area contributed by atoms with Crippen molar-refractivity contribution in [1.29, 1.82) is 0 Å². The van der Waals surface area contributed by atoms with Crippen LogP contribution in [0.15, 0.2) is 11.6 Å². The van der Waals surface area contributed by atoms with E-state index in [1.807, 2.05) is 0 Å². The van der Waals surface area contributed by atoms with Crippen LogP contribution in [-0.4, -0.2) is 0 Å². The van der Waals surface area contributed by atoms with E-state index in [1.165, 1.54) is 25.7 Å². The number of fused-ring (bicyclic) bond motifs is 1. The van der Waals surface area contributed by atoms with E-state index in [-0.39, 0.29) is 0 Å². The van der Waals surface area contributed by atoms with Gasteiger partial charge in [-0.1, -0.05) is 25.0 Å². The summed E-state index contributed by atoms with van der Waals surface area (Å²) in [6, 6.07) is 0. The summed E-state index contributed by atoms with van der Waals surface area (Å²) in [5, 5.41) is 0. The first-order valence-corrected chi connectivity index (χ1v) is 4.10. The van der Waals surface area contributed by atoms with Crippen molar-refractivity contribution in [3.8, 4) is 0 Å². The Morgan fingerprint density at radius 1 is 1.67 bits per heavy atom. The van der Waals surface area contributed by atoms with Crippen molar-refractivity contribution in [3.63, 3.8) is 0 Å². The zero-order chi connectivity index (χ0) is 6.27. The lowest BCUT2D eigenvalue weighted by Crippen LogP contribution is -1.80. The van der Waals surface area contributed by atoms with Crippen molar-refractivity contribution in [2.75, 3.05) is 0 Å². The topological polar surface area (TPSA) is 0 Å². The van der Waals surface area contributed by atoms with Gasteiger partial charge in [-0.05, 0) is 31.1 Å². The van der Waals surface area contributed by atoms with Gasteiger partial charge < -0.3 is 0 Å². The summed E-state index contributed by atoms with van der Waals surface area (Å²) in [7, 11) is 0. The van der Waals surface area contributed by atoms with E-state index in [4.69, 9.17) is 0 Å². The molecule has 0 aromatic heterocycles. The summed E-state index contributed by atoms with van der Waals surface area (Å²) in [6.07, 6.45) is 8.12. The zero-order valence-corrected chi connectivity index (χ0v) is 6.06. The minimum absolute atomic E-state index is 1.06. The third-order valence-electron chi connectivity index (χ3n) is 2.62. The molecule has 2 aliphatic carbocycles. The van der Waals surface area contributed by atoms with Crippen LogP contribution in [0.4, 0.5) is 0 Å². The van der Waals surface area contributed by atoms with E-state index in [0.717, 1.165) is 11.8 Å². The van der Waals surface area contributed by atoms with Crippen LogP contribution >= 0.6 is 0 Å². The summed E-state index contributed by atoms with van der Waals surface area (Å²) < 4.78 is 0. The monoisotopic (exact) mass is 122 g/mol. The number of hydrogen-bond acceptors (Lipinski definition) is 0. The number of rotatable bonds is 2. The van der Waals surface area contributed by atoms with Gasteiger partial charge in [-0.15, -0.1) is 0 Å². The molecular formula is C9H14. The fraction of sp³-hybridized carbons (Fsp3) is 0.778. The molecule has 0 aliphatic heterocycles. The van der Waals surface area contributed by atoms with Gasteiger partial charge in [0.05, 0.1) is 0 Å². The molecule has 1 saturated carbocycles. The third-order valence-corrected chi connectivity index (χ3v) is 2.62. The van der Waals surface area contributed by atoms with Gasteiger partial charge in [0.15, 0.2) is 0 Å². The van der Waals surface area contributed by atoms with E-state index in [1.54, 1.807) is 5.57 Å². The average molecular weight is 122 g/mol. The van der Waals surface area contributed by atoms with Crippen molar-refractivity contribution >= 4 is 0 Å². The predicted octanol–water partition coefficient (Wildman–Crippen LogP) is 2.75. The molecule has 2 aliphatic rings. The quantitative estimate of drug-likeness (QED) is 0.494. The maximum Gasteiger partial charge on any atom is -0.0169 e. The van der Waals surface area contributed by atoms with Crippen molar-refractivity contribution < 1.29 is 0 Å². The lowest BCUT2D eigenvalue weighted by Gasteiger charge is -1.97. The van der Waals surface area contributed by atoms with Gasteiger partial charge in [-0.3, -0.25) is 0 Å². The highest BCUT2D eigenvalue weighted by molar-refractivity contribution is 5.23. The lowest BCUT2D eigenvalue weighted by atomic mass is 10.1. The van der Waals surface area contributed by atoms with E-state index < -0.39 is 0 Å². The van der Waals surface area contributed by atoms with Crippen molar-refractivity contribution in [2.45, 2.75) is 32.6 Å². The van der Waals surface area contributed by atoms with Gasteiger partial charge in [-0.2, -0.15) is 0 Å². The van der Waals surface area contributed by atoms with Crippen LogP contribution in [0.1, 0.15) is 32.6 Å². The molecule has 0 heterocycles. The lowest BCUT2D eigenvalue weighted by molar-refractivity contribution is 0.799. The summed E-state index contributed by atoms with van der Waals surface area (Å²) in [4.78, 5) is 0. The second kappa shape index (κ2) is 1.86. The fourth-order valence-corrected chi connectivity index (χ4v) is 1.99. The Morgan fingerprint density at radius 2 is 2.56 bits per heavy atom. The number of allylic oxidation sites excluding steroid dienone is 2. The SMILES string of the molecule is CCCC1=CCC2CC12. The van der Waals surface area contributed by atoms with Gasteiger partial charge in [0.25, 0.3) is 0 Å². The molecule has 0 amide bonds. The Balaban J connectivity index is 1.96. The summed E-state index contributed by atoms with van der Waals surface area (Å²) in [5.41, 5.74) is 1.78. The first kappa shape index (κ1) is 5.52. The Bertz CT molecular complexity index is 144. The maximum absolute atomic E-state index is 2.47. The highest BCUT2D eigenvalue weighted by atomic mass is 14.5. The molecular weight excluding hydrogens is 108 g/mol. The molecule has 0 nitrogen and oxygen atoms in total. The van der Waals surface area contributed by atoms with Gasteiger partial charge >= 0.3 is 0 Å². The molecule has 0 aromatic carbocycles. The molecule has 0 N–H and O–H groups in total.